The number of rotatable bonds is 5. The average molecular weight is 302 g/mol. The summed E-state index contributed by atoms with van der Waals surface area (Å²) >= 11 is 0. The van der Waals surface area contributed by atoms with Gasteiger partial charge < -0.3 is 15.4 Å². The molecule has 116 valence electrons. The first-order valence-electron chi connectivity index (χ1n) is 6.76. The van der Waals surface area contributed by atoms with Gasteiger partial charge in [0, 0.05) is 12.5 Å². The molecule has 0 fully saturated rings. The number of benzene rings is 1. The summed E-state index contributed by atoms with van der Waals surface area (Å²) < 4.78 is 42.4. The van der Waals surface area contributed by atoms with Gasteiger partial charge >= 0.3 is 6.18 Å². The van der Waals surface area contributed by atoms with Crippen molar-refractivity contribution in [2.45, 2.75) is 32.0 Å². The standard InChI is InChI=1S/C14H17F3N2O2/c1-2-18-10(5-6-14(15,16)17)9-3-4-12-11(7-9)19-13(20)8-21-12/h3-4,7,10,18H,2,5-6,8H2,1H3,(H,19,20). The van der Waals surface area contributed by atoms with Crippen molar-refractivity contribution < 1.29 is 22.7 Å². The number of hydrogen-bond acceptors (Lipinski definition) is 3. The second-order valence-corrected chi connectivity index (χ2v) is 4.86. The number of carbonyl (C=O) groups excluding carboxylic acids is 1. The summed E-state index contributed by atoms with van der Waals surface area (Å²) in [6.07, 6.45) is -5.09. The van der Waals surface area contributed by atoms with Crippen LogP contribution in [0.2, 0.25) is 0 Å². The first-order chi connectivity index (χ1) is 9.89. The molecule has 7 heteroatoms. The number of fused-ring (bicyclic) bond motifs is 1. The van der Waals surface area contributed by atoms with E-state index in [1.54, 1.807) is 18.2 Å². The van der Waals surface area contributed by atoms with Gasteiger partial charge in [0.05, 0.1) is 5.69 Å². The Morgan fingerprint density at radius 2 is 2.19 bits per heavy atom. The van der Waals surface area contributed by atoms with Gasteiger partial charge in [-0.05, 0) is 30.7 Å². The highest BCUT2D eigenvalue weighted by Gasteiger charge is 2.29. The molecular formula is C14H17F3N2O2. The Kier molecular flexibility index (Phi) is 4.72. The van der Waals surface area contributed by atoms with Crippen molar-refractivity contribution in [1.29, 1.82) is 0 Å². The fraction of sp³-hybridized carbons (Fsp3) is 0.500. The molecule has 0 bridgehead atoms. The van der Waals surface area contributed by atoms with Gasteiger partial charge in [-0.3, -0.25) is 4.79 Å². The van der Waals surface area contributed by atoms with E-state index >= 15 is 0 Å². The molecule has 1 aromatic rings. The second-order valence-electron chi connectivity index (χ2n) is 4.86. The molecule has 0 spiro atoms. The van der Waals surface area contributed by atoms with Crippen LogP contribution >= 0.6 is 0 Å². The third-order valence-corrected chi connectivity index (χ3v) is 3.21. The summed E-state index contributed by atoms with van der Waals surface area (Å²) in [5.41, 5.74) is 1.20. The largest absolute Gasteiger partial charge is 0.482 e. The van der Waals surface area contributed by atoms with Crippen LogP contribution in [-0.2, 0) is 4.79 Å². The van der Waals surface area contributed by atoms with Crippen molar-refractivity contribution in [3.63, 3.8) is 0 Å². The lowest BCUT2D eigenvalue weighted by molar-refractivity contribution is -0.136. The Hall–Kier alpha value is -1.76. The van der Waals surface area contributed by atoms with E-state index in [0.717, 1.165) is 0 Å². The molecule has 2 N–H and O–H groups in total. The van der Waals surface area contributed by atoms with Crippen molar-refractivity contribution in [2.24, 2.45) is 0 Å². The van der Waals surface area contributed by atoms with Gasteiger partial charge in [-0.1, -0.05) is 13.0 Å². The molecule has 1 unspecified atom stereocenters. The van der Waals surface area contributed by atoms with Crippen LogP contribution in [0.1, 0.15) is 31.4 Å². The predicted octanol–water partition coefficient (Wildman–Crippen LogP) is 3.01. The van der Waals surface area contributed by atoms with Crippen LogP contribution in [0.15, 0.2) is 18.2 Å². The van der Waals surface area contributed by atoms with Gasteiger partial charge in [-0.15, -0.1) is 0 Å². The van der Waals surface area contributed by atoms with Gasteiger partial charge in [-0.25, -0.2) is 0 Å². The summed E-state index contributed by atoms with van der Waals surface area (Å²) in [4.78, 5) is 11.3. The molecule has 1 aliphatic heterocycles. The van der Waals surface area contributed by atoms with Gasteiger partial charge in [0.1, 0.15) is 5.75 Å². The molecule has 0 saturated carbocycles. The number of halogens is 3. The predicted molar refractivity (Wildman–Crippen MR) is 72.3 cm³/mol. The minimum atomic E-state index is -4.18. The quantitative estimate of drug-likeness (QED) is 0.879. The fourth-order valence-electron chi connectivity index (χ4n) is 2.26. The zero-order valence-corrected chi connectivity index (χ0v) is 11.6. The maximum Gasteiger partial charge on any atom is 0.389 e. The average Bonchev–Trinajstić information content (AvgIpc) is 2.41. The minimum Gasteiger partial charge on any atom is -0.482 e. The molecule has 1 heterocycles. The third-order valence-electron chi connectivity index (χ3n) is 3.21. The second kappa shape index (κ2) is 6.34. The topological polar surface area (TPSA) is 50.4 Å². The molecular weight excluding hydrogens is 285 g/mol. The third kappa shape index (κ3) is 4.35. The maximum absolute atomic E-state index is 12.4. The molecule has 0 aromatic heterocycles. The van der Waals surface area contributed by atoms with Crippen LogP contribution in [0.5, 0.6) is 5.75 Å². The molecule has 0 aliphatic carbocycles. The first kappa shape index (κ1) is 15.6. The molecule has 1 aromatic carbocycles. The van der Waals surface area contributed by atoms with E-state index in [0.29, 0.717) is 23.5 Å². The molecule has 21 heavy (non-hydrogen) atoms. The molecule has 2 rings (SSSR count). The Bertz CT molecular complexity index is 517. The molecule has 1 atom stereocenters. The summed E-state index contributed by atoms with van der Waals surface area (Å²) in [7, 11) is 0. The summed E-state index contributed by atoms with van der Waals surface area (Å²) in [6, 6.07) is 4.64. The summed E-state index contributed by atoms with van der Waals surface area (Å²) in [6.45, 7) is 2.35. The number of anilines is 1. The Labute approximate surface area is 120 Å². The Morgan fingerprint density at radius 3 is 2.86 bits per heavy atom. The normalized spacial score (nSPS) is 15.9. The van der Waals surface area contributed by atoms with Crippen molar-refractivity contribution >= 4 is 11.6 Å². The van der Waals surface area contributed by atoms with Crippen LogP contribution in [0.25, 0.3) is 0 Å². The highest BCUT2D eigenvalue weighted by molar-refractivity contribution is 5.95. The zero-order valence-electron chi connectivity index (χ0n) is 11.6. The Balaban J connectivity index is 2.16. The van der Waals surface area contributed by atoms with Crippen LogP contribution in [-0.4, -0.2) is 25.2 Å². The van der Waals surface area contributed by atoms with E-state index in [-0.39, 0.29) is 18.9 Å². The summed E-state index contributed by atoms with van der Waals surface area (Å²) in [5, 5.41) is 5.69. The molecule has 1 aliphatic rings. The van der Waals surface area contributed by atoms with Crippen LogP contribution in [0, 0.1) is 0 Å². The fourth-order valence-corrected chi connectivity index (χ4v) is 2.26. The van der Waals surface area contributed by atoms with Crippen molar-refractivity contribution in [3.8, 4) is 5.75 Å². The lowest BCUT2D eigenvalue weighted by Crippen LogP contribution is -2.26. The number of ether oxygens (including phenoxy) is 1. The molecule has 0 saturated heterocycles. The van der Waals surface area contributed by atoms with E-state index in [2.05, 4.69) is 10.6 Å². The lowest BCUT2D eigenvalue weighted by atomic mass is 10.0. The number of carbonyl (C=O) groups is 1. The van der Waals surface area contributed by atoms with Gasteiger partial charge in [0.2, 0.25) is 0 Å². The first-order valence-corrected chi connectivity index (χ1v) is 6.76. The number of nitrogens with one attached hydrogen (secondary N) is 2. The smallest absolute Gasteiger partial charge is 0.389 e. The number of amides is 1. The van der Waals surface area contributed by atoms with Crippen LogP contribution in [0.3, 0.4) is 0 Å². The molecule has 1 amide bonds. The van der Waals surface area contributed by atoms with E-state index in [1.165, 1.54) is 0 Å². The maximum atomic E-state index is 12.4. The van der Waals surface area contributed by atoms with E-state index < -0.39 is 18.6 Å². The van der Waals surface area contributed by atoms with Gasteiger partial charge in [0.25, 0.3) is 5.91 Å². The minimum absolute atomic E-state index is 0.0446. The van der Waals surface area contributed by atoms with E-state index in [9.17, 15) is 18.0 Å². The van der Waals surface area contributed by atoms with Gasteiger partial charge in [0.15, 0.2) is 6.61 Å². The summed E-state index contributed by atoms with van der Waals surface area (Å²) in [5.74, 6) is 0.263. The highest BCUT2D eigenvalue weighted by Crippen LogP contribution is 2.33. The van der Waals surface area contributed by atoms with Crippen molar-refractivity contribution in [3.05, 3.63) is 23.8 Å². The monoisotopic (exact) mass is 302 g/mol. The van der Waals surface area contributed by atoms with E-state index in [1.807, 2.05) is 6.92 Å². The van der Waals surface area contributed by atoms with Crippen LogP contribution in [0.4, 0.5) is 18.9 Å². The lowest BCUT2D eigenvalue weighted by Gasteiger charge is -2.23. The molecule has 0 radical (unpaired) electrons. The number of hydrogen-bond donors (Lipinski definition) is 2. The van der Waals surface area contributed by atoms with Crippen molar-refractivity contribution in [2.75, 3.05) is 18.5 Å². The zero-order chi connectivity index (χ0) is 15.5. The van der Waals surface area contributed by atoms with Gasteiger partial charge in [-0.2, -0.15) is 13.2 Å². The van der Waals surface area contributed by atoms with Crippen LogP contribution < -0.4 is 15.4 Å². The van der Waals surface area contributed by atoms with Crippen molar-refractivity contribution in [1.82, 2.24) is 5.32 Å². The van der Waals surface area contributed by atoms with E-state index in [4.69, 9.17) is 4.74 Å². The Morgan fingerprint density at radius 1 is 1.43 bits per heavy atom. The SMILES string of the molecule is CCNC(CCC(F)(F)F)c1ccc2c(c1)NC(=O)CO2. The molecule has 4 nitrogen and oxygen atoms in total. The highest BCUT2D eigenvalue weighted by atomic mass is 19.4. The number of alkyl halides is 3.